The number of aliphatic hydroxyl groups is 1. The number of carbonyl (C=O) groups excluding carboxylic acids is 1. The van der Waals surface area contributed by atoms with Gasteiger partial charge in [-0.25, -0.2) is 4.79 Å². The van der Waals surface area contributed by atoms with E-state index in [1.807, 2.05) is 24.3 Å². The van der Waals surface area contributed by atoms with Gasteiger partial charge in [-0.15, -0.1) is 0 Å². The second-order valence-electron chi connectivity index (χ2n) is 7.30. The van der Waals surface area contributed by atoms with E-state index in [0.29, 0.717) is 23.9 Å². The molecule has 3 rings (SSSR count). The minimum absolute atomic E-state index is 0. The van der Waals surface area contributed by atoms with Crippen LogP contribution < -0.4 is 10.1 Å². The van der Waals surface area contributed by atoms with Crippen LogP contribution in [0.25, 0.3) is 0 Å². The number of rotatable bonds is 8. The van der Waals surface area contributed by atoms with E-state index in [1.165, 1.54) is 11.1 Å². The largest absolute Gasteiger partial charge is 0.482 e. The van der Waals surface area contributed by atoms with Crippen LogP contribution in [0.1, 0.15) is 42.6 Å². The van der Waals surface area contributed by atoms with Crippen LogP contribution in [-0.2, 0) is 22.4 Å². The Kier molecular flexibility index (Phi) is 9.59. The topological polar surface area (TPSA) is 99.3 Å². The van der Waals surface area contributed by atoms with E-state index >= 15 is 0 Å². The zero-order valence-corrected chi connectivity index (χ0v) is 18.0. The van der Waals surface area contributed by atoms with Crippen molar-refractivity contribution in [3.8, 4) is 5.75 Å². The van der Waals surface area contributed by atoms with Gasteiger partial charge in [0, 0.05) is 17.6 Å². The summed E-state index contributed by atoms with van der Waals surface area (Å²) in [5, 5.41) is 14.6. The molecule has 0 radical (unpaired) electrons. The fourth-order valence-corrected chi connectivity index (χ4v) is 3.86. The molecule has 0 aromatic heterocycles. The number of hydrogen-bond donors (Lipinski definition) is 2. The first-order chi connectivity index (χ1) is 14.0. The predicted octanol–water partition coefficient (Wildman–Crippen LogP) is 3.03. The van der Waals surface area contributed by atoms with Gasteiger partial charge in [0.05, 0.1) is 12.7 Å². The van der Waals surface area contributed by atoms with Gasteiger partial charge in [0.1, 0.15) is 5.75 Å². The number of fused-ring (bicyclic) bond motifs is 1. The van der Waals surface area contributed by atoms with Gasteiger partial charge < -0.3 is 25.4 Å². The van der Waals surface area contributed by atoms with Crippen molar-refractivity contribution in [1.29, 1.82) is 0 Å². The number of ether oxygens (including phenoxy) is 2. The maximum Gasteiger partial charge on any atom is 0.344 e. The molecular weight excluding hydrogens is 406 g/mol. The minimum atomic E-state index is -0.601. The molecule has 0 saturated heterocycles. The van der Waals surface area contributed by atoms with Gasteiger partial charge in [0.15, 0.2) is 6.61 Å². The summed E-state index contributed by atoms with van der Waals surface area (Å²) in [6.45, 7) is 2.51. The molecule has 0 saturated carbocycles. The van der Waals surface area contributed by atoms with Crippen molar-refractivity contribution in [3.63, 3.8) is 0 Å². The molecule has 7 heteroatoms. The lowest BCUT2D eigenvalue weighted by Crippen LogP contribution is -2.34. The normalized spacial score (nSPS) is 16.6. The summed E-state index contributed by atoms with van der Waals surface area (Å²) in [7, 11) is 0. The monoisotopic (exact) mass is 435 g/mol. The van der Waals surface area contributed by atoms with E-state index in [2.05, 4.69) is 11.4 Å². The van der Waals surface area contributed by atoms with Gasteiger partial charge in [-0.05, 0) is 73.6 Å². The molecule has 4 N–H and O–H groups in total. The summed E-state index contributed by atoms with van der Waals surface area (Å²) < 4.78 is 10.5. The van der Waals surface area contributed by atoms with Gasteiger partial charge in [-0.2, -0.15) is 0 Å². The Balaban J connectivity index is 0.00000320. The lowest BCUT2D eigenvalue weighted by molar-refractivity contribution is -0.145. The zero-order valence-electron chi connectivity index (χ0n) is 17.2. The second-order valence-corrected chi connectivity index (χ2v) is 7.73. The van der Waals surface area contributed by atoms with E-state index in [-0.39, 0.29) is 24.1 Å². The van der Waals surface area contributed by atoms with Gasteiger partial charge in [0.2, 0.25) is 0 Å². The summed E-state index contributed by atoms with van der Waals surface area (Å²) in [6.07, 6.45) is 3.39. The van der Waals surface area contributed by atoms with Gasteiger partial charge in [-0.1, -0.05) is 29.8 Å². The smallest absolute Gasteiger partial charge is 0.344 e. The summed E-state index contributed by atoms with van der Waals surface area (Å²) in [6, 6.07) is 13.6. The van der Waals surface area contributed by atoms with Crippen LogP contribution in [0, 0.1) is 0 Å². The Hall–Kier alpha value is -2.12. The standard InChI is InChI=1S/C23H28ClNO4.H2O/c1-2-28-23(27)15-29-21-10-9-16-5-4-8-20(12-18(16)13-21)25-14-22(26)17-6-3-7-19(24)11-17;/h3,6-7,9-11,13,20,22,25-26H,2,4-5,8,12,14-15H2,1H3;1H2/t20-,22-;/m0./s1. The van der Waals surface area contributed by atoms with Crippen molar-refractivity contribution in [2.75, 3.05) is 19.8 Å². The highest BCUT2D eigenvalue weighted by Crippen LogP contribution is 2.26. The lowest BCUT2D eigenvalue weighted by Gasteiger charge is -2.20. The van der Waals surface area contributed by atoms with E-state index in [0.717, 1.165) is 31.2 Å². The first-order valence-corrected chi connectivity index (χ1v) is 10.5. The molecule has 1 aliphatic rings. The Morgan fingerprint density at radius 1 is 1.27 bits per heavy atom. The van der Waals surface area contributed by atoms with Crippen molar-refractivity contribution in [1.82, 2.24) is 5.32 Å². The highest BCUT2D eigenvalue weighted by molar-refractivity contribution is 6.30. The molecule has 0 heterocycles. The molecule has 0 unspecified atom stereocenters. The SMILES string of the molecule is CCOC(=O)COc1ccc2c(c1)C[C@@H](NC[C@H](O)c1cccc(Cl)c1)CCC2.O. The van der Waals surface area contributed by atoms with Crippen LogP contribution in [0.3, 0.4) is 0 Å². The van der Waals surface area contributed by atoms with Crippen LogP contribution in [-0.4, -0.2) is 42.4 Å². The van der Waals surface area contributed by atoms with Crippen LogP contribution in [0.4, 0.5) is 0 Å². The quantitative estimate of drug-likeness (QED) is 0.490. The average molecular weight is 436 g/mol. The second kappa shape index (κ2) is 11.9. The Morgan fingerprint density at radius 2 is 2.10 bits per heavy atom. The third-order valence-electron chi connectivity index (χ3n) is 5.14. The fourth-order valence-electron chi connectivity index (χ4n) is 3.66. The third-order valence-corrected chi connectivity index (χ3v) is 5.37. The summed E-state index contributed by atoms with van der Waals surface area (Å²) >= 11 is 6.02. The number of esters is 1. The van der Waals surface area contributed by atoms with E-state index in [9.17, 15) is 9.90 Å². The molecule has 2 aromatic carbocycles. The number of halogens is 1. The first-order valence-electron chi connectivity index (χ1n) is 10.1. The molecule has 6 nitrogen and oxygen atoms in total. The van der Waals surface area contributed by atoms with Crippen molar-refractivity contribution >= 4 is 17.6 Å². The molecule has 0 fully saturated rings. The van der Waals surface area contributed by atoms with Crippen LogP contribution in [0.15, 0.2) is 42.5 Å². The predicted molar refractivity (Wildman–Crippen MR) is 117 cm³/mol. The lowest BCUT2D eigenvalue weighted by atomic mass is 10.0. The summed E-state index contributed by atoms with van der Waals surface area (Å²) in [5.74, 6) is 0.313. The number of nitrogens with one attached hydrogen (secondary N) is 1. The van der Waals surface area contributed by atoms with Crippen molar-refractivity contribution < 1.29 is 24.9 Å². The van der Waals surface area contributed by atoms with E-state index in [1.54, 1.807) is 19.1 Å². The first kappa shape index (κ1) is 24.2. The minimum Gasteiger partial charge on any atom is -0.482 e. The molecule has 0 aliphatic heterocycles. The van der Waals surface area contributed by atoms with E-state index < -0.39 is 6.10 Å². The third kappa shape index (κ3) is 6.99. The van der Waals surface area contributed by atoms with Crippen molar-refractivity contribution in [2.45, 2.75) is 44.8 Å². The Labute approximate surface area is 182 Å². The van der Waals surface area contributed by atoms with Crippen LogP contribution in [0.5, 0.6) is 5.75 Å². The summed E-state index contributed by atoms with van der Waals surface area (Å²) in [4.78, 5) is 11.5. The number of carbonyl (C=O) groups is 1. The number of hydrogen-bond acceptors (Lipinski definition) is 5. The molecule has 1 aliphatic carbocycles. The molecule has 30 heavy (non-hydrogen) atoms. The Bertz CT molecular complexity index is 829. The molecule has 0 spiro atoms. The zero-order chi connectivity index (χ0) is 20.6. The fraction of sp³-hybridized carbons (Fsp3) is 0.435. The molecule has 0 amide bonds. The van der Waals surface area contributed by atoms with E-state index in [4.69, 9.17) is 21.1 Å². The van der Waals surface area contributed by atoms with Gasteiger partial charge in [0.25, 0.3) is 0 Å². The van der Waals surface area contributed by atoms with Crippen LogP contribution >= 0.6 is 11.6 Å². The molecule has 164 valence electrons. The van der Waals surface area contributed by atoms with Crippen molar-refractivity contribution in [2.24, 2.45) is 0 Å². The average Bonchev–Trinajstić information content (AvgIpc) is 2.92. The number of benzene rings is 2. The molecule has 0 bridgehead atoms. The van der Waals surface area contributed by atoms with Gasteiger partial charge in [-0.3, -0.25) is 0 Å². The maximum atomic E-state index is 11.5. The number of aliphatic hydroxyl groups excluding tert-OH is 1. The number of aryl methyl sites for hydroxylation is 1. The van der Waals surface area contributed by atoms with Crippen LogP contribution in [0.2, 0.25) is 5.02 Å². The maximum absolute atomic E-state index is 11.5. The highest BCUT2D eigenvalue weighted by Gasteiger charge is 2.19. The molecular formula is C23H30ClNO5. The molecule has 2 aromatic rings. The van der Waals surface area contributed by atoms with Gasteiger partial charge >= 0.3 is 5.97 Å². The summed E-state index contributed by atoms with van der Waals surface area (Å²) in [5.41, 5.74) is 3.35. The van der Waals surface area contributed by atoms with Crippen molar-refractivity contribution in [3.05, 3.63) is 64.2 Å². The Morgan fingerprint density at radius 3 is 2.87 bits per heavy atom. The molecule has 2 atom stereocenters. The highest BCUT2D eigenvalue weighted by atomic mass is 35.5.